The molecule has 0 bridgehead atoms. The zero-order valence-corrected chi connectivity index (χ0v) is 17.0. The summed E-state index contributed by atoms with van der Waals surface area (Å²) in [7, 11) is 0. The van der Waals surface area contributed by atoms with Crippen molar-refractivity contribution in [2.45, 2.75) is 71.6 Å². The van der Waals surface area contributed by atoms with Gasteiger partial charge in [0.15, 0.2) is 0 Å². The minimum atomic E-state index is 0.990. The fourth-order valence-corrected chi connectivity index (χ4v) is 2.92. The van der Waals surface area contributed by atoms with Crippen molar-refractivity contribution >= 4 is 0 Å². The minimum absolute atomic E-state index is 0.990. The summed E-state index contributed by atoms with van der Waals surface area (Å²) in [5, 5.41) is 0. The van der Waals surface area contributed by atoms with Crippen LogP contribution < -0.4 is 0 Å². The van der Waals surface area contributed by atoms with Gasteiger partial charge in [-0.2, -0.15) is 0 Å². The Labute approximate surface area is 166 Å². The molecule has 0 aliphatic rings. The SMILES string of the molecule is CCCCCC#Cc1ccc(C#Cc2ccc(CCCCCC)cc2)cc1. The minimum Gasteiger partial charge on any atom is -0.0979 e. The smallest absolute Gasteiger partial charge is 0.0249 e. The summed E-state index contributed by atoms with van der Waals surface area (Å²) in [6.07, 6.45) is 11.1. The maximum absolute atomic E-state index is 3.26. The van der Waals surface area contributed by atoms with Crippen molar-refractivity contribution in [3.8, 4) is 23.7 Å². The Morgan fingerprint density at radius 1 is 0.556 bits per heavy atom. The van der Waals surface area contributed by atoms with Gasteiger partial charge in [-0.05, 0) is 61.2 Å². The zero-order chi connectivity index (χ0) is 19.2. The van der Waals surface area contributed by atoms with Crippen molar-refractivity contribution in [1.29, 1.82) is 0 Å². The Hall–Kier alpha value is -2.44. The highest BCUT2D eigenvalue weighted by Gasteiger charge is 1.94. The van der Waals surface area contributed by atoms with E-state index in [1.165, 1.54) is 56.9 Å². The third-order valence-corrected chi connectivity index (χ3v) is 4.65. The Morgan fingerprint density at radius 2 is 1.07 bits per heavy atom. The van der Waals surface area contributed by atoms with Gasteiger partial charge in [0.25, 0.3) is 0 Å². The highest BCUT2D eigenvalue weighted by Crippen LogP contribution is 2.10. The first-order chi connectivity index (χ1) is 13.3. The van der Waals surface area contributed by atoms with Gasteiger partial charge in [0.1, 0.15) is 0 Å². The quantitative estimate of drug-likeness (QED) is 0.348. The van der Waals surface area contributed by atoms with Crippen molar-refractivity contribution in [1.82, 2.24) is 0 Å². The molecule has 2 aromatic rings. The highest BCUT2D eigenvalue weighted by molar-refractivity contribution is 5.46. The van der Waals surface area contributed by atoms with Crippen molar-refractivity contribution in [2.75, 3.05) is 0 Å². The van der Waals surface area contributed by atoms with Crippen molar-refractivity contribution in [3.05, 3.63) is 70.8 Å². The van der Waals surface area contributed by atoms with Gasteiger partial charge in [0.2, 0.25) is 0 Å². The van der Waals surface area contributed by atoms with E-state index in [4.69, 9.17) is 0 Å². The molecule has 140 valence electrons. The van der Waals surface area contributed by atoms with Gasteiger partial charge in [-0.25, -0.2) is 0 Å². The van der Waals surface area contributed by atoms with Crippen LogP contribution in [0.2, 0.25) is 0 Å². The number of hydrogen-bond acceptors (Lipinski definition) is 0. The third-order valence-electron chi connectivity index (χ3n) is 4.65. The van der Waals surface area contributed by atoms with Gasteiger partial charge in [-0.1, -0.05) is 81.8 Å². The van der Waals surface area contributed by atoms with Crippen LogP contribution in [0.25, 0.3) is 0 Å². The number of benzene rings is 2. The number of hydrogen-bond donors (Lipinski definition) is 0. The van der Waals surface area contributed by atoms with E-state index in [0.717, 1.165) is 23.1 Å². The molecule has 0 heterocycles. The molecule has 0 radical (unpaired) electrons. The molecule has 2 rings (SSSR count). The summed E-state index contributed by atoms with van der Waals surface area (Å²) in [5.74, 6) is 13.0. The summed E-state index contributed by atoms with van der Waals surface area (Å²) in [4.78, 5) is 0. The lowest BCUT2D eigenvalue weighted by molar-refractivity contribution is 0.667. The van der Waals surface area contributed by atoms with Crippen LogP contribution in [0.5, 0.6) is 0 Å². The first kappa shape index (κ1) is 20.9. The summed E-state index contributed by atoms with van der Waals surface area (Å²) in [6, 6.07) is 17.0. The molecular weight excluding hydrogens is 324 g/mol. The predicted molar refractivity (Wildman–Crippen MR) is 118 cm³/mol. The van der Waals surface area contributed by atoms with E-state index in [2.05, 4.69) is 86.1 Å². The van der Waals surface area contributed by atoms with Gasteiger partial charge in [0, 0.05) is 23.1 Å². The second-order valence-corrected chi connectivity index (χ2v) is 7.09. The summed E-state index contributed by atoms with van der Waals surface area (Å²) >= 11 is 0. The highest BCUT2D eigenvalue weighted by atomic mass is 14.0. The van der Waals surface area contributed by atoms with E-state index in [1.54, 1.807) is 0 Å². The van der Waals surface area contributed by atoms with Crippen LogP contribution in [0.15, 0.2) is 48.5 Å². The van der Waals surface area contributed by atoms with Crippen LogP contribution in [0.1, 0.15) is 87.5 Å². The number of rotatable bonds is 8. The van der Waals surface area contributed by atoms with Crippen molar-refractivity contribution in [3.63, 3.8) is 0 Å². The molecule has 0 aliphatic heterocycles. The molecule has 0 fully saturated rings. The first-order valence-corrected chi connectivity index (χ1v) is 10.5. The van der Waals surface area contributed by atoms with Gasteiger partial charge in [-0.15, -0.1) is 0 Å². The molecule has 0 amide bonds. The lowest BCUT2D eigenvalue weighted by Gasteiger charge is -2.01. The second kappa shape index (κ2) is 12.8. The molecule has 0 spiro atoms. The normalized spacial score (nSPS) is 9.85. The Kier molecular flexibility index (Phi) is 9.92. The molecule has 0 heteroatoms. The van der Waals surface area contributed by atoms with Crippen LogP contribution in [0.3, 0.4) is 0 Å². The first-order valence-electron chi connectivity index (χ1n) is 10.5. The summed E-state index contributed by atoms with van der Waals surface area (Å²) < 4.78 is 0. The Morgan fingerprint density at radius 3 is 1.67 bits per heavy atom. The van der Waals surface area contributed by atoms with E-state index in [-0.39, 0.29) is 0 Å². The molecule has 27 heavy (non-hydrogen) atoms. The molecule has 0 aliphatic carbocycles. The van der Waals surface area contributed by atoms with E-state index >= 15 is 0 Å². The molecule has 0 aromatic heterocycles. The number of aryl methyl sites for hydroxylation is 1. The Bertz CT molecular complexity index is 770. The molecule has 0 atom stereocenters. The summed E-state index contributed by atoms with van der Waals surface area (Å²) in [5.41, 5.74) is 4.60. The lowest BCUT2D eigenvalue weighted by Crippen LogP contribution is -1.86. The van der Waals surface area contributed by atoms with Crippen molar-refractivity contribution in [2.24, 2.45) is 0 Å². The van der Waals surface area contributed by atoms with Gasteiger partial charge < -0.3 is 0 Å². The average molecular weight is 357 g/mol. The molecule has 2 aromatic carbocycles. The van der Waals surface area contributed by atoms with E-state index in [0.29, 0.717) is 0 Å². The maximum Gasteiger partial charge on any atom is 0.0249 e. The lowest BCUT2D eigenvalue weighted by atomic mass is 10.0. The monoisotopic (exact) mass is 356 g/mol. The van der Waals surface area contributed by atoms with Crippen molar-refractivity contribution < 1.29 is 0 Å². The average Bonchev–Trinajstić information content (AvgIpc) is 2.71. The molecule has 0 saturated heterocycles. The fraction of sp³-hybridized carbons (Fsp3) is 0.407. The van der Waals surface area contributed by atoms with Crippen LogP contribution in [-0.2, 0) is 6.42 Å². The second-order valence-electron chi connectivity index (χ2n) is 7.09. The van der Waals surface area contributed by atoms with Crippen LogP contribution in [0.4, 0.5) is 0 Å². The van der Waals surface area contributed by atoms with Gasteiger partial charge >= 0.3 is 0 Å². The van der Waals surface area contributed by atoms with E-state index in [9.17, 15) is 0 Å². The topological polar surface area (TPSA) is 0 Å². The van der Waals surface area contributed by atoms with Crippen LogP contribution >= 0.6 is 0 Å². The van der Waals surface area contributed by atoms with Gasteiger partial charge in [-0.3, -0.25) is 0 Å². The zero-order valence-electron chi connectivity index (χ0n) is 17.0. The predicted octanol–water partition coefficient (Wildman–Crippen LogP) is 7.14. The molecule has 0 N–H and O–H groups in total. The maximum atomic E-state index is 3.26. The van der Waals surface area contributed by atoms with E-state index < -0.39 is 0 Å². The fourth-order valence-electron chi connectivity index (χ4n) is 2.92. The standard InChI is InChI=1S/C27H32/c1-3-5-7-9-11-13-25-16-20-27(21-17-25)23-22-26-18-14-24(15-19-26)12-10-8-6-4-2/h14-21H,3-10,12H2,1-2H3. The Balaban J connectivity index is 1.85. The van der Waals surface area contributed by atoms with Crippen LogP contribution in [0, 0.1) is 23.7 Å². The summed E-state index contributed by atoms with van der Waals surface area (Å²) in [6.45, 7) is 4.47. The number of unbranched alkanes of at least 4 members (excludes halogenated alkanes) is 6. The van der Waals surface area contributed by atoms with Gasteiger partial charge in [0.05, 0.1) is 0 Å². The van der Waals surface area contributed by atoms with Crippen LogP contribution in [-0.4, -0.2) is 0 Å². The molecule has 0 unspecified atom stereocenters. The largest absolute Gasteiger partial charge is 0.0979 e. The molecule has 0 saturated carbocycles. The van der Waals surface area contributed by atoms with E-state index in [1.807, 2.05) is 0 Å². The molecule has 0 nitrogen and oxygen atoms in total. The molecular formula is C27H32. The third kappa shape index (κ3) is 8.66.